The van der Waals surface area contributed by atoms with Gasteiger partial charge >= 0.3 is 0 Å². The van der Waals surface area contributed by atoms with E-state index in [-0.39, 0.29) is 5.25 Å². The summed E-state index contributed by atoms with van der Waals surface area (Å²) in [5, 5.41) is 0.199. The Morgan fingerprint density at radius 1 is 1.44 bits per heavy atom. The van der Waals surface area contributed by atoms with E-state index in [9.17, 15) is 4.57 Å². The van der Waals surface area contributed by atoms with Crippen LogP contribution in [-0.4, -0.2) is 12.4 Å². The first-order valence-electron chi connectivity index (χ1n) is 5.94. The van der Waals surface area contributed by atoms with Crippen LogP contribution in [-0.2, 0) is 15.3 Å². The molecule has 18 heavy (non-hydrogen) atoms. The summed E-state index contributed by atoms with van der Waals surface area (Å²) in [6, 6.07) is 9.77. The summed E-state index contributed by atoms with van der Waals surface area (Å²) in [6.45, 7) is -0.650. The van der Waals surface area contributed by atoms with Crippen molar-refractivity contribution in [3.05, 3.63) is 35.9 Å². The van der Waals surface area contributed by atoms with Crippen molar-refractivity contribution in [1.82, 2.24) is 0 Å². The quantitative estimate of drug-likeness (QED) is 0.541. The van der Waals surface area contributed by atoms with E-state index >= 15 is 0 Å². The van der Waals surface area contributed by atoms with Gasteiger partial charge in [0.2, 0.25) is 0 Å². The molecule has 4 heteroatoms. The SMILES string of the molecule is C#CCC(CC)SP(=O)(Cc1ccccc1)OC. The van der Waals surface area contributed by atoms with Crippen molar-refractivity contribution in [3.63, 3.8) is 0 Å². The Balaban J connectivity index is 2.74. The molecule has 0 bridgehead atoms. The minimum absolute atomic E-state index is 0.199. The molecule has 0 fully saturated rings. The van der Waals surface area contributed by atoms with Gasteiger partial charge in [0, 0.05) is 18.8 Å². The van der Waals surface area contributed by atoms with E-state index in [4.69, 9.17) is 10.9 Å². The first kappa shape index (κ1) is 15.4. The Kier molecular flexibility index (Phi) is 6.57. The molecule has 0 aromatic heterocycles. The highest BCUT2D eigenvalue weighted by Gasteiger charge is 2.26. The molecule has 0 radical (unpaired) electrons. The van der Waals surface area contributed by atoms with Crippen molar-refractivity contribution >= 4 is 18.0 Å². The molecule has 0 saturated carbocycles. The first-order chi connectivity index (χ1) is 8.63. The maximum atomic E-state index is 12.7. The van der Waals surface area contributed by atoms with Crippen molar-refractivity contribution in [2.24, 2.45) is 0 Å². The van der Waals surface area contributed by atoms with Crippen molar-refractivity contribution < 1.29 is 9.09 Å². The molecular formula is C14H19O2PS. The second-order valence-electron chi connectivity index (χ2n) is 3.98. The van der Waals surface area contributed by atoms with Gasteiger partial charge in [-0.3, -0.25) is 4.57 Å². The number of hydrogen-bond acceptors (Lipinski definition) is 3. The molecule has 0 spiro atoms. The molecule has 0 heterocycles. The normalized spacial score (nSPS) is 15.6. The van der Waals surface area contributed by atoms with Gasteiger partial charge < -0.3 is 4.52 Å². The zero-order chi connectivity index (χ0) is 13.4. The third-order valence-electron chi connectivity index (χ3n) is 2.61. The van der Waals surface area contributed by atoms with E-state index in [2.05, 4.69) is 12.8 Å². The van der Waals surface area contributed by atoms with E-state index in [1.807, 2.05) is 30.3 Å². The van der Waals surface area contributed by atoms with Gasteiger partial charge in [0.1, 0.15) is 0 Å². The summed E-state index contributed by atoms with van der Waals surface area (Å²) in [4.78, 5) is 0. The van der Waals surface area contributed by atoms with Gasteiger partial charge in [0.25, 0.3) is 6.57 Å². The van der Waals surface area contributed by atoms with Gasteiger partial charge in [-0.15, -0.1) is 12.3 Å². The predicted octanol–water partition coefficient (Wildman–Crippen LogP) is 4.56. The average molecular weight is 282 g/mol. The summed E-state index contributed by atoms with van der Waals surface area (Å²) < 4.78 is 17.9. The molecule has 2 unspecified atom stereocenters. The van der Waals surface area contributed by atoms with Crippen LogP contribution in [0.5, 0.6) is 0 Å². The second-order valence-corrected chi connectivity index (χ2v) is 9.06. The second kappa shape index (κ2) is 7.69. The van der Waals surface area contributed by atoms with Gasteiger partial charge in [-0.25, -0.2) is 0 Å². The highest BCUT2D eigenvalue weighted by atomic mass is 32.7. The van der Waals surface area contributed by atoms with E-state index in [1.54, 1.807) is 0 Å². The molecule has 0 amide bonds. The topological polar surface area (TPSA) is 26.3 Å². The van der Waals surface area contributed by atoms with Gasteiger partial charge in [0.15, 0.2) is 0 Å². The smallest absolute Gasteiger partial charge is 0.261 e. The lowest BCUT2D eigenvalue weighted by Gasteiger charge is -2.20. The largest absolute Gasteiger partial charge is 0.324 e. The molecule has 2 nitrogen and oxygen atoms in total. The van der Waals surface area contributed by atoms with Crippen LogP contribution < -0.4 is 0 Å². The van der Waals surface area contributed by atoms with Gasteiger partial charge in [-0.2, -0.15) is 0 Å². The third kappa shape index (κ3) is 4.90. The summed E-state index contributed by atoms with van der Waals surface area (Å²) in [7, 11) is 1.51. The predicted molar refractivity (Wildman–Crippen MR) is 79.9 cm³/mol. The Morgan fingerprint density at radius 3 is 2.61 bits per heavy atom. The summed E-state index contributed by atoms with van der Waals surface area (Å²) >= 11 is 1.40. The summed E-state index contributed by atoms with van der Waals surface area (Å²) in [5.74, 6) is 2.63. The maximum absolute atomic E-state index is 12.7. The third-order valence-corrected chi connectivity index (χ3v) is 7.73. The van der Waals surface area contributed by atoms with Crippen LogP contribution >= 0.6 is 18.0 Å². The van der Waals surface area contributed by atoms with Gasteiger partial charge in [-0.1, -0.05) is 48.6 Å². The lowest BCUT2D eigenvalue weighted by atomic mass is 10.2. The highest BCUT2D eigenvalue weighted by molar-refractivity contribution is 8.56. The lowest BCUT2D eigenvalue weighted by Crippen LogP contribution is -2.00. The number of rotatable bonds is 7. The molecule has 0 aliphatic heterocycles. The fraction of sp³-hybridized carbons (Fsp3) is 0.429. The van der Waals surface area contributed by atoms with Crippen LogP contribution in [0, 0.1) is 12.3 Å². The summed E-state index contributed by atoms with van der Waals surface area (Å²) in [6.07, 6.45) is 7.31. The Morgan fingerprint density at radius 2 is 2.11 bits per heavy atom. The fourth-order valence-electron chi connectivity index (χ4n) is 1.57. The maximum Gasteiger partial charge on any atom is 0.261 e. The Bertz CT molecular complexity index is 439. The van der Waals surface area contributed by atoms with E-state index in [0.717, 1.165) is 12.0 Å². The molecule has 0 N–H and O–H groups in total. The molecule has 1 aromatic rings. The van der Waals surface area contributed by atoms with E-state index in [1.165, 1.54) is 18.5 Å². The number of terminal acetylenes is 1. The van der Waals surface area contributed by atoms with Gasteiger partial charge in [0.05, 0.1) is 6.16 Å². The van der Waals surface area contributed by atoms with Crippen LogP contribution in [0.3, 0.4) is 0 Å². The molecule has 98 valence electrons. The Labute approximate surface area is 114 Å². The van der Waals surface area contributed by atoms with Crippen molar-refractivity contribution in [2.45, 2.75) is 31.2 Å². The zero-order valence-corrected chi connectivity index (χ0v) is 12.5. The standard InChI is InChI=1S/C14H19O2PS/c1-4-9-14(5-2)18-17(15,16-3)12-13-10-7-6-8-11-13/h1,6-8,10-11,14H,5,9,12H2,2-3H3. The monoisotopic (exact) mass is 282 g/mol. The van der Waals surface area contributed by atoms with Crippen LogP contribution in [0.25, 0.3) is 0 Å². The van der Waals surface area contributed by atoms with Crippen molar-refractivity contribution in [2.75, 3.05) is 7.11 Å². The molecule has 1 aromatic carbocycles. The first-order valence-corrected chi connectivity index (χ1v) is 9.23. The zero-order valence-electron chi connectivity index (χ0n) is 10.8. The molecule has 0 aliphatic rings. The van der Waals surface area contributed by atoms with Crippen molar-refractivity contribution in [3.8, 4) is 12.3 Å². The highest BCUT2D eigenvalue weighted by Crippen LogP contribution is 2.63. The molecule has 0 aliphatic carbocycles. The molecular weight excluding hydrogens is 263 g/mol. The van der Waals surface area contributed by atoms with Crippen LogP contribution in [0.2, 0.25) is 0 Å². The van der Waals surface area contributed by atoms with E-state index in [0.29, 0.717) is 12.6 Å². The number of benzene rings is 1. The van der Waals surface area contributed by atoms with Crippen LogP contribution in [0.15, 0.2) is 30.3 Å². The average Bonchev–Trinajstić information content (AvgIpc) is 2.39. The van der Waals surface area contributed by atoms with Crippen LogP contribution in [0.1, 0.15) is 25.3 Å². The molecule has 2 atom stereocenters. The molecule has 1 rings (SSSR count). The molecule has 0 saturated heterocycles. The van der Waals surface area contributed by atoms with Crippen LogP contribution in [0.4, 0.5) is 0 Å². The van der Waals surface area contributed by atoms with Crippen molar-refractivity contribution in [1.29, 1.82) is 0 Å². The summed E-state index contributed by atoms with van der Waals surface area (Å²) in [5.41, 5.74) is 1.03. The van der Waals surface area contributed by atoms with E-state index < -0.39 is 6.57 Å². The van der Waals surface area contributed by atoms with Gasteiger partial charge in [-0.05, 0) is 12.0 Å². The minimum atomic E-state index is -2.70. The minimum Gasteiger partial charge on any atom is -0.324 e. The fourth-order valence-corrected chi connectivity index (χ4v) is 6.25. The number of hydrogen-bond donors (Lipinski definition) is 0. The lowest BCUT2D eigenvalue weighted by molar-refractivity contribution is 0.408. The Hall–Kier alpha value is -0.680.